The number of hydrogen-bond donors (Lipinski definition) is 2. The standard InChI is InChI=1S/C17H24N2O3.ClH/c1-2-22-17(21)15(12-7-4-3-5-8-12)19-16(20)13-9-6-10-14(18)11-13;/h3-5,7-8,13-15H,2,6,9-11,18H2,1H3,(H,19,20);1H/t13?,14?,15-;/m1./s1. The first-order valence-electron chi connectivity index (χ1n) is 7.89. The Kier molecular flexibility index (Phi) is 8.06. The molecule has 0 saturated heterocycles. The Morgan fingerprint density at radius 2 is 2.00 bits per heavy atom. The summed E-state index contributed by atoms with van der Waals surface area (Å²) in [5.74, 6) is -0.663. The van der Waals surface area contributed by atoms with Crippen LogP contribution in [0.2, 0.25) is 0 Å². The van der Waals surface area contributed by atoms with E-state index >= 15 is 0 Å². The van der Waals surface area contributed by atoms with Crippen molar-refractivity contribution in [2.75, 3.05) is 6.61 Å². The van der Waals surface area contributed by atoms with E-state index in [9.17, 15) is 9.59 Å². The van der Waals surface area contributed by atoms with E-state index < -0.39 is 12.0 Å². The fraction of sp³-hybridized carbons (Fsp3) is 0.529. The van der Waals surface area contributed by atoms with Crippen molar-refractivity contribution in [1.82, 2.24) is 5.32 Å². The molecule has 6 heteroatoms. The van der Waals surface area contributed by atoms with Crippen LogP contribution in [-0.4, -0.2) is 24.5 Å². The summed E-state index contributed by atoms with van der Waals surface area (Å²) in [6, 6.07) is 8.49. The first-order valence-corrected chi connectivity index (χ1v) is 7.89. The van der Waals surface area contributed by atoms with Crippen LogP contribution < -0.4 is 11.1 Å². The van der Waals surface area contributed by atoms with Crippen LogP contribution in [0.3, 0.4) is 0 Å². The lowest BCUT2D eigenvalue weighted by atomic mass is 9.85. The smallest absolute Gasteiger partial charge is 0.333 e. The highest BCUT2D eigenvalue weighted by molar-refractivity contribution is 5.86. The third-order valence-electron chi connectivity index (χ3n) is 4.03. The summed E-state index contributed by atoms with van der Waals surface area (Å²) in [5.41, 5.74) is 6.67. The highest BCUT2D eigenvalue weighted by Crippen LogP contribution is 2.24. The molecule has 1 fully saturated rings. The molecule has 3 N–H and O–H groups in total. The molecule has 0 aliphatic heterocycles. The normalized spacial score (nSPS) is 21.7. The van der Waals surface area contributed by atoms with Crippen molar-refractivity contribution >= 4 is 24.3 Å². The van der Waals surface area contributed by atoms with Gasteiger partial charge in [0, 0.05) is 12.0 Å². The molecule has 1 aliphatic rings. The van der Waals surface area contributed by atoms with Gasteiger partial charge in [0.15, 0.2) is 6.04 Å². The van der Waals surface area contributed by atoms with E-state index in [0.29, 0.717) is 6.42 Å². The number of nitrogens with one attached hydrogen (secondary N) is 1. The molecule has 2 unspecified atom stereocenters. The van der Waals surface area contributed by atoms with Crippen LogP contribution >= 0.6 is 12.4 Å². The number of nitrogens with two attached hydrogens (primary N) is 1. The zero-order chi connectivity index (χ0) is 15.9. The summed E-state index contributed by atoms with van der Waals surface area (Å²) in [6.07, 6.45) is 3.42. The molecule has 2 rings (SSSR count). The van der Waals surface area contributed by atoms with Gasteiger partial charge >= 0.3 is 5.97 Å². The molecule has 1 aromatic rings. The first kappa shape index (κ1) is 19.5. The van der Waals surface area contributed by atoms with Crippen molar-refractivity contribution in [3.63, 3.8) is 0 Å². The summed E-state index contributed by atoms with van der Waals surface area (Å²) >= 11 is 0. The van der Waals surface area contributed by atoms with E-state index in [1.165, 1.54) is 0 Å². The van der Waals surface area contributed by atoms with Gasteiger partial charge in [-0.05, 0) is 31.7 Å². The topological polar surface area (TPSA) is 81.4 Å². The molecule has 0 bridgehead atoms. The number of rotatable bonds is 5. The SMILES string of the molecule is CCOC(=O)[C@H](NC(=O)C1CCCC(N)C1)c1ccccc1.Cl. The first-order chi connectivity index (χ1) is 10.6. The summed E-state index contributed by atoms with van der Waals surface area (Å²) in [5, 5.41) is 2.84. The zero-order valence-corrected chi connectivity index (χ0v) is 14.2. The molecule has 5 nitrogen and oxygen atoms in total. The van der Waals surface area contributed by atoms with E-state index in [4.69, 9.17) is 10.5 Å². The molecular formula is C17H25ClN2O3. The van der Waals surface area contributed by atoms with Crippen LogP contribution in [0.4, 0.5) is 0 Å². The maximum atomic E-state index is 12.5. The minimum atomic E-state index is -0.758. The van der Waals surface area contributed by atoms with Gasteiger partial charge in [0.2, 0.25) is 5.91 Å². The average Bonchev–Trinajstić information content (AvgIpc) is 2.53. The third-order valence-corrected chi connectivity index (χ3v) is 4.03. The average molecular weight is 341 g/mol. The molecule has 0 spiro atoms. The van der Waals surface area contributed by atoms with Crippen LogP contribution in [-0.2, 0) is 14.3 Å². The maximum Gasteiger partial charge on any atom is 0.333 e. The number of ether oxygens (including phenoxy) is 1. The van der Waals surface area contributed by atoms with Gasteiger partial charge in [-0.3, -0.25) is 4.79 Å². The molecule has 1 saturated carbocycles. The second-order valence-electron chi connectivity index (χ2n) is 5.73. The Morgan fingerprint density at radius 3 is 2.61 bits per heavy atom. The second kappa shape index (κ2) is 9.53. The highest BCUT2D eigenvalue weighted by atomic mass is 35.5. The van der Waals surface area contributed by atoms with Crippen LogP contribution in [0, 0.1) is 5.92 Å². The largest absolute Gasteiger partial charge is 0.464 e. The minimum Gasteiger partial charge on any atom is -0.464 e. The Bertz CT molecular complexity index is 510. The fourth-order valence-electron chi connectivity index (χ4n) is 2.88. The molecule has 1 aliphatic carbocycles. The summed E-state index contributed by atoms with van der Waals surface area (Å²) < 4.78 is 5.09. The predicted octanol–water partition coefficient (Wildman–Crippen LogP) is 2.35. The number of carbonyl (C=O) groups is 2. The monoisotopic (exact) mass is 340 g/mol. The lowest BCUT2D eigenvalue weighted by Crippen LogP contribution is -2.41. The molecule has 0 radical (unpaired) electrons. The van der Waals surface area contributed by atoms with E-state index in [1.807, 2.05) is 30.3 Å². The highest BCUT2D eigenvalue weighted by Gasteiger charge is 2.30. The molecule has 23 heavy (non-hydrogen) atoms. The molecule has 0 aromatic heterocycles. The molecule has 3 atom stereocenters. The van der Waals surface area contributed by atoms with Gasteiger partial charge < -0.3 is 15.8 Å². The van der Waals surface area contributed by atoms with Crippen molar-refractivity contribution < 1.29 is 14.3 Å². The molecule has 1 amide bonds. The number of carbonyl (C=O) groups excluding carboxylic acids is 2. The van der Waals surface area contributed by atoms with Crippen molar-refractivity contribution in [2.45, 2.75) is 44.7 Å². The number of halogens is 1. The predicted molar refractivity (Wildman–Crippen MR) is 91.1 cm³/mol. The van der Waals surface area contributed by atoms with Gasteiger partial charge in [-0.25, -0.2) is 4.79 Å². The molecule has 128 valence electrons. The van der Waals surface area contributed by atoms with Crippen LogP contribution in [0.25, 0.3) is 0 Å². The Morgan fingerprint density at radius 1 is 1.30 bits per heavy atom. The second-order valence-corrected chi connectivity index (χ2v) is 5.73. The summed E-state index contributed by atoms with van der Waals surface area (Å²) in [4.78, 5) is 24.6. The number of esters is 1. The van der Waals surface area contributed by atoms with Crippen LogP contribution in [0.5, 0.6) is 0 Å². The summed E-state index contributed by atoms with van der Waals surface area (Å²) in [7, 11) is 0. The zero-order valence-electron chi connectivity index (χ0n) is 13.4. The van der Waals surface area contributed by atoms with Gasteiger partial charge in [-0.1, -0.05) is 36.8 Å². The van der Waals surface area contributed by atoms with E-state index in [-0.39, 0.29) is 36.9 Å². The maximum absolute atomic E-state index is 12.5. The van der Waals surface area contributed by atoms with Gasteiger partial charge in [0.25, 0.3) is 0 Å². The third kappa shape index (κ3) is 5.52. The Labute approximate surface area is 143 Å². The quantitative estimate of drug-likeness (QED) is 0.806. The van der Waals surface area contributed by atoms with Crippen molar-refractivity contribution in [2.24, 2.45) is 11.7 Å². The lowest BCUT2D eigenvalue weighted by molar-refractivity contribution is -0.148. The number of hydrogen-bond acceptors (Lipinski definition) is 4. The number of benzene rings is 1. The van der Waals surface area contributed by atoms with Crippen LogP contribution in [0.15, 0.2) is 30.3 Å². The van der Waals surface area contributed by atoms with Gasteiger partial charge in [0.05, 0.1) is 6.61 Å². The minimum absolute atomic E-state index is 0. The fourth-order valence-corrected chi connectivity index (χ4v) is 2.88. The number of amides is 1. The van der Waals surface area contributed by atoms with E-state index in [1.54, 1.807) is 6.92 Å². The summed E-state index contributed by atoms with van der Waals surface area (Å²) in [6.45, 7) is 2.04. The molecule has 1 aromatic carbocycles. The Hall–Kier alpha value is -1.59. The van der Waals surface area contributed by atoms with Crippen molar-refractivity contribution in [3.05, 3.63) is 35.9 Å². The van der Waals surface area contributed by atoms with E-state index in [2.05, 4.69) is 5.32 Å². The lowest BCUT2D eigenvalue weighted by Gasteiger charge is -2.27. The van der Waals surface area contributed by atoms with E-state index in [0.717, 1.165) is 24.8 Å². The van der Waals surface area contributed by atoms with Crippen molar-refractivity contribution in [1.29, 1.82) is 0 Å². The van der Waals surface area contributed by atoms with Crippen molar-refractivity contribution in [3.8, 4) is 0 Å². The molecule has 0 heterocycles. The van der Waals surface area contributed by atoms with Crippen LogP contribution in [0.1, 0.15) is 44.2 Å². The van der Waals surface area contributed by atoms with Gasteiger partial charge in [-0.15, -0.1) is 12.4 Å². The van der Waals surface area contributed by atoms with Gasteiger partial charge in [0.1, 0.15) is 0 Å². The van der Waals surface area contributed by atoms with Gasteiger partial charge in [-0.2, -0.15) is 0 Å². The molecular weight excluding hydrogens is 316 g/mol. The Balaban J connectivity index is 0.00000264.